The Labute approximate surface area is 153 Å². The minimum Gasteiger partial charge on any atom is -0.314 e. The number of tetrazole rings is 1. The van der Waals surface area contributed by atoms with E-state index < -0.39 is 17.8 Å². The molecule has 0 bridgehead atoms. The van der Waals surface area contributed by atoms with Gasteiger partial charge in [0, 0.05) is 18.3 Å². The van der Waals surface area contributed by atoms with Crippen molar-refractivity contribution in [3.05, 3.63) is 60.2 Å². The zero-order chi connectivity index (χ0) is 19.6. The number of amides is 1. The molecule has 27 heavy (non-hydrogen) atoms. The monoisotopic (exact) mass is 375 g/mol. The smallest absolute Gasteiger partial charge is 0.314 e. The number of halogens is 3. The number of benzene rings is 2. The number of hydrogen-bond acceptors (Lipinski definition) is 4. The van der Waals surface area contributed by atoms with Crippen LogP contribution in [0, 0.1) is 0 Å². The minimum atomic E-state index is -4.46. The van der Waals surface area contributed by atoms with Gasteiger partial charge in [-0.3, -0.25) is 4.79 Å². The normalized spacial score (nSPS) is 12.6. The topological polar surface area (TPSA) is 63.9 Å². The van der Waals surface area contributed by atoms with Crippen LogP contribution in [0.3, 0.4) is 0 Å². The molecule has 0 aliphatic rings. The maximum Gasteiger partial charge on any atom is 0.416 e. The number of carbonyl (C=O) groups excluding carboxylic acids is 1. The summed E-state index contributed by atoms with van der Waals surface area (Å²) >= 11 is 0. The van der Waals surface area contributed by atoms with E-state index in [0.717, 1.165) is 16.9 Å². The Morgan fingerprint density at radius 1 is 1.11 bits per heavy atom. The number of likely N-dealkylation sites (N-methyl/N-ethyl adjacent to an activating group) is 1. The summed E-state index contributed by atoms with van der Waals surface area (Å²) in [4.78, 5) is 15.2. The highest BCUT2D eigenvalue weighted by Gasteiger charge is 2.31. The van der Waals surface area contributed by atoms with Crippen LogP contribution in [0.2, 0.25) is 0 Å². The number of carbonyl (C=O) groups is 1. The number of aromatic nitrogens is 4. The van der Waals surface area contributed by atoms with E-state index in [0.29, 0.717) is 5.69 Å². The molecule has 1 amide bonds. The number of para-hydroxylation sites is 1. The molecule has 1 aromatic heterocycles. The Hall–Kier alpha value is -3.23. The first kappa shape index (κ1) is 18.6. The molecule has 0 spiro atoms. The second-order valence-electron chi connectivity index (χ2n) is 5.92. The lowest BCUT2D eigenvalue weighted by Crippen LogP contribution is -2.34. The average molecular weight is 375 g/mol. The molecular weight excluding hydrogens is 359 g/mol. The molecule has 0 saturated carbocycles. The Morgan fingerprint density at radius 3 is 2.48 bits per heavy atom. The molecule has 1 atom stereocenters. The van der Waals surface area contributed by atoms with E-state index in [4.69, 9.17) is 0 Å². The van der Waals surface area contributed by atoms with E-state index in [-0.39, 0.29) is 17.3 Å². The van der Waals surface area contributed by atoms with E-state index in [1.807, 2.05) is 18.2 Å². The third-order valence-electron chi connectivity index (χ3n) is 4.05. The number of hydrogen-bond donors (Lipinski definition) is 0. The summed E-state index contributed by atoms with van der Waals surface area (Å²) < 4.78 is 38.6. The van der Waals surface area contributed by atoms with Crippen molar-refractivity contribution in [2.45, 2.75) is 19.1 Å². The second-order valence-corrected chi connectivity index (χ2v) is 5.92. The van der Waals surface area contributed by atoms with Gasteiger partial charge in [0.25, 0.3) is 5.91 Å². The highest BCUT2D eigenvalue weighted by Crippen LogP contribution is 2.31. The summed E-state index contributed by atoms with van der Waals surface area (Å²) in [6.07, 6.45) is -4.46. The minimum absolute atomic E-state index is 0.0168. The third-order valence-corrected chi connectivity index (χ3v) is 4.05. The lowest BCUT2D eigenvalue weighted by molar-refractivity contribution is -0.137. The quantitative estimate of drug-likeness (QED) is 0.699. The number of anilines is 1. The van der Waals surface area contributed by atoms with Gasteiger partial charge in [-0.2, -0.15) is 18.0 Å². The summed E-state index contributed by atoms with van der Waals surface area (Å²) in [7, 11) is 1.62. The molecule has 0 saturated heterocycles. The van der Waals surface area contributed by atoms with Crippen molar-refractivity contribution in [1.29, 1.82) is 0 Å². The van der Waals surface area contributed by atoms with Crippen LogP contribution in [0.25, 0.3) is 11.4 Å². The molecule has 6 nitrogen and oxygen atoms in total. The molecule has 1 unspecified atom stereocenters. The molecule has 0 aliphatic carbocycles. The first-order valence-electron chi connectivity index (χ1n) is 8.07. The molecule has 3 aromatic rings. The van der Waals surface area contributed by atoms with Crippen molar-refractivity contribution in [1.82, 2.24) is 20.2 Å². The number of rotatable bonds is 4. The SMILES string of the molecule is CC(C(=O)N(C)c1ccccc1)n1nnc(-c2cccc(C(F)(F)F)c2)n1. The van der Waals surface area contributed by atoms with Gasteiger partial charge in [0.05, 0.1) is 5.56 Å². The molecule has 0 N–H and O–H groups in total. The van der Waals surface area contributed by atoms with Crippen molar-refractivity contribution in [2.24, 2.45) is 0 Å². The Balaban J connectivity index is 1.82. The van der Waals surface area contributed by atoms with Crippen LogP contribution in [0.15, 0.2) is 54.6 Å². The van der Waals surface area contributed by atoms with Crippen LogP contribution >= 0.6 is 0 Å². The van der Waals surface area contributed by atoms with Gasteiger partial charge in [0.15, 0.2) is 0 Å². The van der Waals surface area contributed by atoms with Gasteiger partial charge < -0.3 is 4.90 Å². The fourth-order valence-corrected chi connectivity index (χ4v) is 2.50. The summed E-state index contributed by atoms with van der Waals surface area (Å²) in [5.74, 6) is -0.266. The van der Waals surface area contributed by atoms with Crippen LogP contribution in [-0.2, 0) is 11.0 Å². The third kappa shape index (κ3) is 3.97. The van der Waals surface area contributed by atoms with E-state index in [1.165, 1.54) is 17.0 Å². The zero-order valence-electron chi connectivity index (χ0n) is 14.6. The molecule has 1 heterocycles. The summed E-state index contributed by atoms with van der Waals surface area (Å²) in [5.41, 5.74) is 0.0731. The highest BCUT2D eigenvalue weighted by atomic mass is 19.4. The van der Waals surface area contributed by atoms with Crippen molar-refractivity contribution >= 4 is 11.6 Å². The van der Waals surface area contributed by atoms with Gasteiger partial charge in [-0.25, -0.2) is 0 Å². The molecule has 0 aliphatic heterocycles. The van der Waals surface area contributed by atoms with Gasteiger partial charge in [-0.1, -0.05) is 30.3 Å². The van der Waals surface area contributed by atoms with Crippen LogP contribution in [-0.4, -0.2) is 33.2 Å². The molecule has 0 radical (unpaired) electrons. The van der Waals surface area contributed by atoms with Crippen molar-refractivity contribution in [2.75, 3.05) is 11.9 Å². The molecular formula is C18H16F3N5O. The average Bonchev–Trinajstić information content (AvgIpc) is 3.16. The van der Waals surface area contributed by atoms with Crippen LogP contribution < -0.4 is 4.90 Å². The fourth-order valence-electron chi connectivity index (χ4n) is 2.50. The first-order chi connectivity index (χ1) is 12.8. The standard InChI is InChI=1S/C18H16F3N5O/c1-12(17(27)25(2)15-9-4-3-5-10-15)26-23-16(22-24-26)13-7-6-8-14(11-13)18(19,20)21/h3-12H,1-2H3. The van der Waals surface area contributed by atoms with E-state index in [1.54, 1.807) is 26.1 Å². The van der Waals surface area contributed by atoms with Crippen LogP contribution in [0.5, 0.6) is 0 Å². The molecule has 3 rings (SSSR count). The van der Waals surface area contributed by atoms with Crippen molar-refractivity contribution in [3.63, 3.8) is 0 Å². The van der Waals surface area contributed by atoms with Gasteiger partial charge in [-0.15, -0.1) is 10.2 Å². The Bertz CT molecular complexity index is 939. The summed E-state index contributed by atoms with van der Waals surface area (Å²) in [5, 5.41) is 11.7. The van der Waals surface area contributed by atoms with E-state index >= 15 is 0 Å². The lowest BCUT2D eigenvalue weighted by Gasteiger charge is -2.20. The first-order valence-corrected chi connectivity index (χ1v) is 8.07. The van der Waals surface area contributed by atoms with Crippen molar-refractivity contribution < 1.29 is 18.0 Å². The maximum atomic E-state index is 12.9. The van der Waals surface area contributed by atoms with E-state index in [9.17, 15) is 18.0 Å². The van der Waals surface area contributed by atoms with E-state index in [2.05, 4.69) is 15.4 Å². The van der Waals surface area contributed by atoms with Crippen LogP contribution in [0.1, 0.15) is 18.5 Å². The fraction of sp³-hybridized carbons (Fsp3) is 0.222. The highest BCUT2D eigenvalue weighted by molar-refractivity contribution is 5.95. The molecule has 0 fully saturated rings. The summed E-state index contributed by atoms with van der Waals surface area (Å²) in [6, 6.07) is 12.9. The van der Waals surface area contributed by atoms with Gasteiger partial charge in [-0.05, 0) is 36.4 Å². The molecule has 2 aromatic carbocycles. The van der Waals surface area contributed by atoms with Crippen LogP contribution in [0.4, 0.5) is 18.9 Å². The Morgan fingerprint density at radius 2 is 1.81 bits per heavy atom. The molecule has 9 heteroatoms. The molecule has 140 valence electrons. The largest absolute Gasteiger partial charge is 0.416 e. The second kappa shape index (κ2) is 7.18. The Kier molecular flexibility index (Phi) is 4.93. The van der Waals surface area contributed by atoms with Crippen molar-refractivity contribution in [3.8, 4) is 11.4 Å². The lowest BCUT2D eigenvalue weighted by atomic mass is 10.1. The zero-order valence-corrected chi connectivity index (χ0v) is 14.6. The maximum absolute atomic E-state index is 12.9. The van der Waals surface area contributed by atoms with Gasteiger partial charge >= 0.3 is 6.18 Å². The predicted molar refractivity (Wildman–Crippen MR) is 92.8 cm³/mol. The number of alkyl halides is 3. The summed E-state index contributed by atoms with van der Waals surface area (Å²) in [6.45, 7) is 1.60. The van der Waals surface area contributed by atoms with Gasteiger partial charge in [0.2, 0.25) is 5.82 Å². The number of nitrogens with zero attached hydrogens (tertiary/aromatic N) is 5. The van der Waals surface area contributed by atoms with Gasteiger partial charge in [0.1, 0.15) is 6.04 Å². The predicted octanol–water partition coefficient (Wildman–Crippen LogP) is 3.58.